The first kappa shape index (κ1) is 14.8. The molecule has 2 aliphatic rings. The number of nitrogens with zero attached hydrogens (tertiary/aromatic N) is 1. The Kier molecular flexibility index (Phi) is 5.60. The number of rotatable bonds is 5. The van der Waals surface area contributed by atoms with Crippen LogP contribution < -0.4 is 0 Å². The minimum atomic E-state index is -0.0723. The van der Waals surface area contributed by atoms with E-state index in [1.165, 1.54) is 13.5 Å². The molecule has 1 saturated heterocycles. The van der Waals surface area contributed by atoms with E-state index in [1.54, 1.807) is 7.11 Å². The Morgan fingerprint density at radius 2 is 1.89 bits per heavy atom. The van der Waals surface area contributed by atoms with Gasteiger partial charge in [-0.3, -0.25) is 9.63 Å². The van der Waals surface area contributed by atoms with Gasteiger partial charge in [-0.25, -0.2) is 0 Å². The molecular formula is C14H25NO4. The molecule has 1 atom stereocenters. The van der Waals surface area contributed by atoms with E-state index in [-0.39, 0.29) is 18.0 Å². The third-order valence-electron chi connectivity index (χ3n) is 4.18. The van der Waals surface area contributed by atoms with Gasteiger partial charge in [0.2, 0.25) is 0 Å². The second kappa shape index (κ2) is 7.22. The lowest BCUT2D eigenvalue weighted by Gasteiger charge is -2.32. The quantitative estimate of drug-likeness (QED) is 0.713. The van der Waals surface area contributed by atoms with Crippen molar-refractivity contribution in [1.29, 1.82) is 0 Å². The van der Waals surface area contributed by atoms with Crippen LogP contribution in [-0.2, 0) is 19.1 Å². The van der Waals surface area contributed by atoms with Crippen LogP contribution in [0.3, 0.4) is 0 Å². The summed E-state index contributed by atoms with van der Waals surface area (Å²) < 4.78 is 10.0. The summed E-state index contributed by atoms with van der Waals surface area (Å²) in [7, 11) is 3.20. The highest BCUT2D eigenvalue weighted by Crippen LogP contribution is 2.29. The van der Waals surface area contributed by atoms with E-state index in [4.69, 9.17) is 14.3 Å². The van der Waals surface area contributed by atoms with Gasteiger partial charge in [-0.1, -0.05) is 0 Å². The number of hydroxylamine groups is 2. The third-order valence-corrected chi connectivity index (χ3v) is 4.18. The number of ether oxygens (including phenoxy) is 2. The van der Waals surface area contributed by atoms with Crippen molar-refractivity contribution in [3.05, 3.63) is 0 Å². The highest BCUT2D eigenvalue weighted by molar-refractivity contribution is 5.72. The normalized spacial score (nSPS) is 32.4. The number of esters is 1. The van der Waals surface area contributed by atoms with Gasteiger partial charge in [-0.15, -0.1) is 0 Å². The molecule has 110 valence electrons. The van der Waals surface area contributed by atoms with Crippen LogP contribution in [-0.4, -0.2) is 50.5 Å². The molecule has 0 N–H and O–H groups in total. The van der Waals surface area contributed by atoms with Gasteiger partial charge in [0.05, 0.1) is 31.8 Å². The van der Waals surface area contributed by atoms with E-state index >= 15 is 0 Å². The average Bonchev–Trinajstić information content (AvgIpc) is 2.86. The molecule has 1 aliphatic heterocycles. The lowest BCUT2D eigenvalue weighted by atomic mass is 9.87. The predicted octanol–water partition coefficient (Wildman–Crippen LogP) is 1.76. The van der Waals surface area contributed by atoms with Crippen LogP contribution in [0.25, 0.3) is 0 Å². The average molecular weight is 271 g/mol. The fourth-order valence-corrected chi connectivity index (χ4v) is 3.07. The van der Waals surface area contributed by atoms with Crippen LogP contribution in [0.15, 0.2) is 0 Å². The molecule has 2 rings (SSSR count). The molecule has 1 saturated carbocycles. The molecule has 2 fully saturated rings. The topological polar surface area (TPSA) is 48.0 Å². The molecule has 0 unspecified atom stereocenters. The summed E-state index contributed by atoms with van der Waals surface area (Å²) >= 11 is 0. The van der Waals surface area contributed by atoms with E-state index < -0.39 is 0 Å². The Balaban J connectivity index is 1.74. The Morgan fingerprint density at radius 1 is 1.16 bits per heavy atom. The van der Waals surface area contributed by atoms with Crippen molar-refractivity contribution >= 4 is 5.97 Å². The maximum absolute atomic E-state index is 11.5. The standard InChI is InChI=1S/C14H25NO4/c1-17-10-12-4-3-9-15(12)19-13-7-5-11(6-8-13)14(16)18-2/h11-13H,3-10H2,1-2H3/t11-,12-,13-/m0/s1. The second-order valence-corrected chi connectivity index (χ2v) is 5.49. The van der Waals surface area contributed by atoms with Crippen molar-refractivity contribution in [3.8, 4) is 0 Å². The van der Waals surface area contributed by atoms with E-state index in [0.717, 1.165) is 45.3 Å². The van der Waals surface area contributed by atoms with Crippen LogP contribution in [0, 0.1) is 5.92 Å². The van der Waals surface area contributed by atoms with Crippen LogP contribution in [0.1, 0.15) is 38.5 Å². The van der Waals surface area contributed by atoms with Crippen molar-refractivity contribution in [1.82, 2.24) is 5.06 Å². The van der Waals surface area contributed by atoms with Gasteiger partial charge in [0.1, 0.15) is 0 Å². The van der Waals surface area contributed by atoms with Gasteiger partial charge in [-0.2, -0.15) is 5.06 Å². The van der Waals surface area contributed by atoms with Crippen molar-refractivity contribution in [2.45, 2.75) is 50.7 Å². The summed E-state index contributed by atoms with van der Waals surface area (Å²) in [5.41, 5.74) is 0. The second-order valence-electron chi connectivity index (χ2n) is 5.49. The molecule has 0 amide bonds. The SMILES string of the molecule is COC[C@@H]1CCCN1O[C@H]1CC[C@H](C(=O)OC)CC1. The van der Waals surface area contributed by atoms with E-state index in [0.29, 0.717) is 6.04 Å². The number of hydrogen-bond acceptors (Lipinski definition) is 5. The van der Waals surface area contributed by atoms with Crippen molar-refractivity contribution < 1.29 is 19.1 Å². The maximum atomic E-state index is 11.5. The van der Waals surface area contributed by atoms with Gasteiger partial charge in [0.25, 0.3) is 0 Å². The maximum Gasteiger partial charge on any atom is 0.308 e. The van der Waals surface area contributed by atoms with Gasteiger partial charge >= 0.3 is 5.97 Å². The summed E-state index contributed by atoms with van der Waals surface area (Å²) in [4.78, 5) is 17.5. The Morgan fingerprint density at radius 3 is 2.53 bits per heavy atom. The lowest BCUT2D eigenvalue weighted by Crippen LogP contribution is -2.38. The minimum absolute atomic E-state index is 0.0678. The van der Waals surface area contributed by atoms with Gasteiger partial charge in [0.15, 0.2) is 0 Å². The molecule has 0 radical (unpaired) electrons. The van der Waals surface area contributed by atoms with Crippen LogP contribution >= 0.6 is 0 Å². The largest absolute Gasteiger partial charge is 0.469 e. The van der Waals surface area contributed by atoms with Gasteiger partial charge < -0.3 is 9.47 Å². The Hall–Kier alpha value is -0.650. The van der Waals surface area contributed by atoms with E-state index in [9.17, 15) is 4.79 Å². The highest BCUT2D eigenvalue weighted by Gasteiger charge is 2.32. The molecular weight excluding hydrogens is 246 g/mol. The zero-order chi connectivity index (χ0) is 13.7. The van der Waals surface area contributed by atoms with Crippen LogP contribution in [0.5, 0.6) is 0 Å². The summed E-state index contributed by atoms with van der Waals surface area (Å²) in [6.07, 6.45) is 6.20. The molecule has 1 aliphatic carbocycles. The highest BCUT2D eigenvalue weighted by atomic mass is 16.7. The molecule has 5 nitrogen and oxygen atoms in total. The lowest BCUT2D eigenvalue weighted by molar-refractivity contribution is -0.221. The van der Waals surface area contributed by atoms with E-state index in [2.05, 4.69) is 5.06 Å². The van der Waals surface area contributed by atoms with Crippen LogP contribution in [0.2, 0.25) is 0 Å². The zero-order valence-electron chi connectivity index (χ0n) is 12.0. The minimum Gasteiger partial charge on any atom is -0.469 e. The summed E-state index contributed by atoms with van der Waals surface area (Å²) in [5, 5.41) is 2.09. The van der Waals surface area contributed by atoms with Crippen molar-refractivity contribution in [3.63, 3.8) is 0 Å². The van der Waals surface area contributed by atoms with Gasteiger partial charge in [0, 0.05) is 13.7 Å². The third kappa shape index (κ3) is 3.91. The van der Waals surface area contributed by atoms with Gasteiger partial charge in [-0.05, 0) is 38.5 Å². The molecule has 0 aromatic rings. The molecule has 0 aromatic carbocycles. The van der Waals surface area contributed by atoms with Crippen molar-refractivity contribution in [2.24, 2.45) is 5.92 Å². The zero-order valence-corrected chi connectivity index (χ0v) is 12.0. The Bertz CT molecular complexity index is 289. The van der Waals surface area contributed by atoms with E-state index in [1.807, 2.05) is 0 Å². The first-order valence-electron chi connectivity index (χ1n) is 7.24. The first-order valence-corrected chi connectivity index (χ1v) is 7.24. The fourth-order valence-electron chi connectivity index (χ4n) is 3.07. The number of carbonyl (C=O) groups is 1. The fraction of sp³-hybridized carbons (Fsp3) is 0.929. The molecule has 0 bridgehead atoms. The predicted molar refractivity (Wildman–Crippen MR) is 70.5 cm³/mol. The smallest absolute Gasteiger partial charge is 0.308 e. The molecule has 1 heterocycles. The first-order chi connectivity index (χ1) is 9.24. The number of methoxy groups -OCH3 is 2. The monoisotopic (exact) mass is 271 g/mol. The molecule has 19 heavy (non-hydrogen) atoms. The summed E-state index contributed by atoms with van der Waals surface area (Å²) in [5.74, 6) is -0.00455. The van der Waals surface area contributed by atoms with Crippen molar-refractivity contribution in [2.75, 3.05) is 27.4 Å². The summed E-state index contributed by atoms with van der Waals surface area (Å²) in [6, 6.07) is 0.392. The number of hydrogen-bond donors (Lipinski definition) is 0. The molecule has 0 spiro atoms. The Labute approximate surface area is 115 Å². The summed E-state index contributed by atoms with van der Waals surface area (Å²) in [6.45, 7) is 1.72. The molecule has 5 heteroatoms. The van der Waals surface area contributed by atoms with Crippen LogP contribution in [0.4, 0.5) is 0 Å². The molecule has 0 aromatic heterocycles. The number of carbonyl (C=O) groups excluding carboxylic acids is 1.